The molecule has 1 aliphatic rings. The van der Waals surface area contributed by atoms with Gasteiger partial charge in [-0.2, -0.15) is 0 Å². The highest BCUT2D eigenvalue weighted by atomic mass is 35.5. The van der Waals surface area contributed by atoms with Gasteiger partial charge in [0.05, 0.1) is 40.6 Å². The van der Waals surface area contributed by atoms with E-state index in [-0.39, 0.29) is 11.8 Å². The third-order valence-corrected chi connectivity index (χ3v) is 10.6. The summed E-state index contributed by atoms with van der Waals surface area (Å²) in [5, 5.41) is 2.73. The lowest BCUT2D eigenvalue weighted by molar-refractivity contribution is 0.0780. The van der Waals surface area contributed by atoms with Crippen LogP contribution in [0.15, 0.2) is 77.7 Å². The molecule has 9 heteroatoms. The van der Waals surface area contributed by atoms with Gasteiger partial charge < -0.3 is 19.3 Å². The van der Waals surface area contributed by atoms with Crippen molar-refractivity contribution in [3.63, 3.8) is 0 Å². The molecule has 45 heavy (non-hydrogen) atoms. The molecule has 6 nitrogen and oxygen atoms in total. The zero-order valence-electron chi connectivity index (χ0n) is 26.2. The first-order valence-corrected chi connectivity index (χ1v) is 17.5. The highest BCUT2D eigenvalue weighted by Gasteiger charge is 2.28. The number of carbonyl (C=O) groups excluding carboxylic acids is 1. The van der Waals surface area contributed by atoms with Gasteiger partial charge in [-0.3, -0.25) is 9.00 Å². The first-order chi connectivity index (χ1) is 21.7. The van der Waals surface area contributed by atoms with E-state index in [0.717, 1.165) is 60.1 Å². The SMILES string of the molecule is COc1cc2ccccc2c(C(=O)N(C)C[C@@H](CCN2CCC(c3ccccc3S(C)=O)CC2)c2ccc(Cl)c(Cl)c2)c1OC. The summed E-state index contributed by atoms with van der Waals surface area (Å²) in [7, 11) is 3.97. The second-order valence-corrected chi connectivity index (χ2v) is 13.8. The van der Waals surface area contributed by atoms with Gasteiger partial charge in [-0.15, -0.1) is 0 Å². The molecule has 1 amide bonds. The third kappa shape index (κ3) is 7.49. The molecule has 4 aromatic rings. The van der Waals surface area contributed by atoms with Gasteiger partial charge in [0.1, 0.15) is 0 Å². The van der Waals surface area contributed by atoms with Crippen LogP contribution >= 0.6 is 23.2 Å². The Morgan fingerprint density at radius 1 is 0.978 bits per heavy atom. The predicted molar refractivity (Wildman–Crippen MR) is 185 cm³/mol. The molecular formula is C36H40Cl2N2O4S. The maximum atomic E-state index is 14.2. The van der Waals surface area contributed by atoms with Gasteiger partial charge in [0.25, 0.3) is 5.91 Å². The van der Waals surface area contributed by atoms with E-state index in [9.17, 15) is 9.00 Å². The molecule has 1 fully saturated rings. The van der Waals surface area contributed by atoms with E-state index in [1.54, 1.807) is 25.4 Å². The number of benzene rings is 4. The quantitative estimate of drug-likeness (QED) is 0.162. The lowest BCUT2D eigenvalue weighted by Gasteiger charge is -2.34. The summed E-state index contributed by atoms with van der Waals surface area (Å²) in [6, 6.07) is 23.5. The summed E-state index contributed by atoms with van der Waals surface area (Å²) in [6.07, 6.45) is 4.64. The molecule has 2 atom stereocenters. The first kappa shape index (κ1) is 33.3. The zero-order chi connectivity index (χ0) is 32.1. The van der Waals surface area contributed by atoms with Gasteiger partial charge in [0.15, 0.2) is 11.5 Å². The normalized spacial score (nSPS) is 15.5. The maximum Gasteiger partial charge on any atom is 0.258 e. The van der Waals surface area contributed by atoms with Crippen LogP contribution in [0.2, 0.25) is 10.0 Å². The molecule has 0 spiro atoms. The van der Waals surface area contributed by atoms with Crippen molar-refractivity contribution in [2.75, 3.05) is 53.7 Å². The van der Waals surface area contributed by atoms with Crippen LogP contribution in [-0.2, 0) is 10.8 Å². The van der Waals surface area contributed by atoms with E-state index in [0.29, 0.717) is 39.6 Å². The molecule has 0 aliphatic carbocycles. The predicted octanol–water partition coefficient (Wildman–Crippen LogP) is 8.03. The largest absolute Gasteiger partial charge is 0.493 e. The third-order valence-electron chi connectivity index (χ3n) is 8.91. The van der Waals surface area contributed by atoms with Crippen molar-refractivity contribution < 1.29 is 18.5 Å². The van der Waals surface area contributed by atoms with E-state index in [1.165, 1.54) is 5.56 Å². The standard InChI is InChI=1S/C36H40Cl2N2O4S/c1-39(36(41)34-29-11-6-5-9-26(29)22-32(43-2)35(34)44-3)23-27(25-13-14-30(37)31(38)21-25)17-20-40-18-15-24(16-19-40)28-10-7-8-12-33(28)45(4)42/h5-14,21-22,24,27H,15-20,23H2,1-4H3/t27-,45?/m1/s1. The molecule has 1 saturated heterocycles. The summed E-state index contributed by atoms with van der Waals surface area (Å²) in [4.78, 5) is 19.4. The molecule has 0 saturated carbocycles. The summed E-state index contributed by atoms with van der Waals surface area (Å²) >= 11 is 12.8. The lowest BCUT2D eigenvalue weighted by Crippen LogP contribution is -2.36. The number of piperidine rings is 1. The Labute approximate surface area is 278 Å². The maximum absolute atomic E-state index is 14.2. The molecule has 5 rings (SSSR count). The topological polar surface area (TPSA) is 59.1 Å². The highest BCUT2D eigenvalue weighted by molar-refractivity contribution is 7.84. The Bertz CT molecular complexity index is 1690. The summed E-state index contributed by atoms with van der Waals surface area (Å²) < 4.78 is 23.7. The van der Waals surface area contributed by atoms with Crippen molar-refractivity contribution in [2.24, 2.45) is 0 Å². The highest BCUT2D eigenvalue weighted by Crippen LogP contribution is 2.39. The number of likely N-dealkylation sites (N-methyl/N-ethyl adjacent to an activating group) is 1. The van der Waals surface area contributed by atoms with Crippen LogP contribution in [0, 0.1) is 0 Å². The van der Waals surface area contributed by atoms with Gasteiger partial charge in [0, 0.05) is 30.7 Å². The number of nitrogens with zero attached hydrogens (tertiary/aromatic N) is 2. The second-order valence-electron chi connectivity index (χ2n) is 11.7. The van der Waals surface area contributed by atoms with Crippen molar-refractivity contribution in [2.45, 2.75) is 36.0 Å². The molecular weight excluding hydrogens is 627 g/mol. The number of hydrogen-bond donors (Lipinski definition) is 0. The molecule has 0 aromatic heterocycles. The van der Waals surface area contributed by atoms with Crippen molar-refractivity contribution in [1.82, 2.24) is 9.80 Å². The van der Waals surface area contributed by atoms with E-state index in [2.05, 4.69) is 11.0 Å². The molecule has 0 radical (unpaired) electrons. The van der Waals surface area contributed by atoms with Crippen molar-refractivity contribution >= 4 is 50.7 Å². The molecule has 1 heterocycles. The molecule has 0 N–H and O–H groups in total. The number of carbonyl (C=O) groups is 1. The molecule has 0 bridgehead atoms. The number of amides is 1. The van der Waals surface area contributed by atoms with Gasteiger partial charge in [-0.05, 0) is 91.0 Å². The molecule has 4 aromatic carbocycles. The van der Waals surface area contributed by atoms with Crippen LogP contribution in [0.3, 0.4) is 0 Å². The van der Waals surface area contributed by atoms with E-state index in [1.807, 2.05) is 73.8 Å². The Morgan fingerprint density at radius 2 is 1.69 bits per heavy atom. The van der Waals surface area contributed by atoms with Crippen LogP contribution in [0.1, 0.15) is 52.6 Å². The summed E-state index contributed by atoms with van der Waals surface area (Å²) in [6.45, 7) is 3.29. The summed E-state index contributed by atoms with van der Waals surface area (Å²) in [5.41, 5.74) is 2.74. The minimum atomic E-state index is -1.00. The minimum Gasteiger partial charge on any atom is -0.493 e. The van der Waals surface area contributed by atoms with Gasteiger partial charge >= 0.3 is 0 Å². The molecule has 1 unspecified atom stereocenters. The average Bonchev–Trinajstić information content (AvgIpc) is 3.06. The van der Waals surface area contributed by atoms with E-state index >= 15 is 0 Å². The van der Waals surface area contributed by atoms with Crippen LogP contribution in [0.4, 0.5) is 0 Å². The molecule has 1 aliphatic heterocycles. The van der Waals surface area contributed by atoms with Crippen molar-refractivity contribution in [3.05, 3.63) is 99.5 Å². The van der Waals surface area contributed by atoms with Crippen LogP contribution in [0.5, 0.6) is 11.5 Å². The summed E-state index contributed by atoms with van der Waals surface area (Å²) in [5.74, 6) is 1.24. The minimum absolute atomic E-state index is 0.0255. The number of hydrogen-bond acceptors (Lipinski definition) is 5. The van der Waals surface area contributed by atoms with E-state index < -0.39 is 10.8 Å². The van der Waals surface area contributed by atoms with Gasteiger partial charge in [-0.1, -0.05) is 71.7 Å². The van der Waals surface area contributed by atoms with Gasteiger partial charge in [0.2, 0.25) is 0 Å². The smallest absolute Gasteiger partial charge is 0.258 e. The van der Waals surface area contributed by atoms with Crippen LogP contribution < -0.4 is 9.47 Å². The first-order valence-electron chi connectivity index (χ1n) is 15.2. The second kappa shape index (κ2) is 15.0. The number of ether oxygens (including phenoxy) is 2. The van der Waals surface area contributed by atoms with E-state index in [4.69, 9.17) is 32.7 Å². The zero-order valence-corrected chi connectivity index (χ0v) is 28.6. The fourth-order valence-corrected chi connectivity index (χ4v) is 7.63. The Morgan fingerprint density at radius 3 is 2.38 bits per heavy atom. The monoisotopic (exact) mass is 666 g/mol. The average molecular weight is 668 g/mol. The van der Waals surface area contributed by atoms with Crippen molar-refractivity contribution in [3.8, 4) is 11.5 Å². The number of fused-ring (bicyclic) bond motifs is 1. The Balaban J connectivity index is 1.34. The fourth-order valence-electron chi connectivity index (χ4n) is 6.49. The fraction of sp³-hybridized carbons (Fsp3) is 0.361. The molecule has 238 valence electrons. The number of halogens is 2. The van der Waals surface area contributed by atoms with Crippen molar-refractivity contribution in [1.29, 1.82) is 0 Å². The Kier molecular flexibility index (Phi) is 11.1. The van der Waals surface area contributed by atoms with Crippen LogP contribution in [-0.4, -0.2) is 73.6 Å². The lowest BCUT2D eigenvalue weighted by atomic mass is 9.88. The number of rotatable bonds is 11. The number of likely N-dealkylation sites (tertiary alicyclic amines) is 1. The Hall–Kier alpha value is -3.10. The van der Waals surface area contributed by atoms with Gasteiger partial charge in [-0.25, -0.2) is 0 Å². The number of methoxy groups -OCH3 is 2. The van der Waals surface area contributed by atoms with Crippen LogP contribution in [0.25, 0.3) is 10.8 Å².